The van der Waals surface area contributed by atoms with E-state index in [1.54, 1.807) is 36.4 Å². The van der Waals surface area contributed by atoms with Crippen molar-refractivity contribution in [2.75, 3.05) is 11.9 Å². The Labute approximate surface area is 203 Å². The standard InChI is InChI=1S/C26H25ClN2O5/c1-3-32-23-15-19(9-12-22(23)33-17-20-7-5-4-6-8-20)10-14-25(30)34-18(2)26(31)29-24-13-11-21(27)16-28-24/h4-16,18H,3,17H2,1-2H3,(H,28,29,31)/b14-10+/t18-/m1/s1. The van der Waals surface area contributed by atoms with Gasteiger partial charge in [-0.05, 0) is 55.3 Å². The summed E-state index contributed by atoms with van der Waals surface area (Å²) < 4.78 is 16.8. The van der Waals surface area contributed by atoms with Crippen molar-refractivity contribution in [3.8, 4) is 11.5 Å². The van der Waals surface area contributed by atoms with Crippen molar-refractivity contribution in [3.63, 3.8) is 0 Å². The van der Waals surface area contributed by atoms with Crippen LogP contribution in [0.15, 0.2) is 72.9 Å². The maximum atomic E-state index is 12.2. The minimum Gasteiger partial charge on any atom is -0.490 e. The number of hydrogen-bond acceptors (Lipinski definition) is 6. The van der Waals surface area contributed by atoms with E-state index in [9.17, 15) is 9.59 Å². The van der Waals surface area contributed by atoms with E-state index in [0.717, 1.165) is 11.1 Å². The second-order valence-corrected chi connectivity index (χ2v) is 7.61. The van der Waals surface area contributed by atoms with Crippen LogP contribution in [0.2, 0.25) is 5.02 Å². The quantitative estimate of drug-likeness (QED) is 0.313. The van der Waals surface area contributed by atoms with Crippen LogP contribution in [0.4, 0.5) is 5.82 Å². The molecule has 0 aliphatic carbocycles. The number of nitrogens with zero attached hydrogens (tertiary/aromatic N) is 1. The lowest BCUT2D eigenvalue weighted by atomic mass is 10.2. The zero-order valence-corrected chi connectivity index (χ0v) is 19.6. The van der Waals surface area contributed by atoms with Gasteiger partial charge < -0.3 is 19.5 Å². The molecule has 0 saturated heterocycles. The lowest BCUT2D eigenvalue weighted by molar-refractivity contribution is -0.148. The summed E-state index contributed by atoms with van der Waals surface area (Å²) in [6.45, 7) is 4.23. The molecule has 34 heavy (non-hydrogen) atoms. The van der Waals surface area contributed by atoms with E-state index < -0.39 is 18.0 Å². The van der Waals surface area contributed by atoms with Crippen molar-refractivity contribution >= 4 is 35.4 Å². The SMILES string of the molecule is CCOc1cc(/C=C/C(=O)O[C@H](C)C(=O)Nc2ccc(Cl)cn2)ccc1OCc1ccccc1. The monoisotopic (exact) mass is 480 g/mol. The summed E-state index contributed by atoms with van der Waals surface area (Å²) in [6.07, 6.45) is 3.23. The van der Waals surface area contributed by atoms with Crippen molar-refractivity contribution in [2.45, 2.75) is 26.6 Å². The molecule has 0 bridgehead atoms. The number of benzene rings is 2. The smallest absolute Gasteiger partial charge is 0.331 e. The average molecular weight is 481 g/mol. The first-order valence-electron chi connectivity index (χ1n) is 10.7. The Morgan fingerprint density at radius 3 is 2.56 bits per heavy atom. The molecule has 0 saturated carbocycles. The van der Waals surface area contributed by atoms with Gasteiger partial charge in [0, 0.05) is 12.3 Å². The minimum absolute atomic E-state index is 0.311. The lowest BCUT2D eigenvalue weighted by Crippen LogP contribution is -2.29. The van der Waals surface area contributed by atoms with Gasteiger partial charge in [-0.3, -0.25) is 4.79 Å². The number of carbonyl (C=O) groups is 2. The molecule has 1 aromatic heterocycles. The third kappa shape index (κ3) is 7.64. The average Bonchev–Trinajstić information content (AvgIpc) is 2.84. The summed E-state index contributed by atoms with van der Waals surface area (Å²) in [5, 5.41) is 3.01. The number of amides is 1. The molecule has 1 heterocycles. The normalized spacial score (nSPS) is 11.6. The van der Waals surface area contributed by atoms with Gasteiger partial charge in [0.05, 0.1) is 11.6 Å². The van der Waals surface area contributed by atoms with Gasteiger partial charge in [0.25, 0.3) is 5.91 Å². The Morgan fingerprint density at radius 2 is 1.85 bits per heavy atom. The van der Waals surface area contributed by atoms with E-state index in [1.807, 2.05) is 37.3 Å². The van der Waals surface area contributed by atoms with E-state index in [-0.39, 0.29) is 0 Å². The third-order valence-corrected chi connectivity index (χ3v) is 4.78. The Balaban J connectivity index is 1.57. The number of carbonyl (C=O) groups excluding carboxylic acids is 2. The van der Waals surface area contributed by atoms with Crippen LogP contribution in [0.5, 0.6) is 11.5 Å². The van der Waals surface area contributed by atoms with Crippen molar-refractivity contribution in [2.24, 2.45) is 0 Å². The predicted octanol–water partition coefficient (Wildman–Crippen LogP) is 5.30. The highest BCUT2D eigenvalue weighted by Gasteiger charge is 2.17. The molecule has 0 spiro atoms. The number of esters is 1. The number of anilines is 1. The molecular formula is C26H25ClN2O5. The summed E-state index contributed by atoms with van der Waals surface area (Å²) >= 11 is 5.77. The molecule has 0 aliphatic heterocycles. The van der Waals surface area contributed by atoms with E-state index in [0.29, 0.717) is 35.6 Å². The highest BCUT2D eigenvalue weighted by Crippen LogP contribution is 2.29. The molecule has 2 aromatic carbocycles. The Kier molecular flexibility index (Phi) is 9.05. The molecule has 0 radical (unpaired) electrons. The van der Waals surface area contributed by atoms with Gasteiger partial charge >= 0.3 is 5.97 Å². The number of nitrogens with one attached hydrogen (secondary N) is 1. The van der Waals surface area contributed by atoms with Crippen LogP contribution in [0.25, 0.3) is 6.08 Å². The van der Waals surface area contributed by atoms with Gasteiger partial charge in [0.1, 0.15) is 12.4 Å². The van der Waals surface area contributed by atoms with Gasteiger partial charge in [-0.25, -0.2) is 9.78 Å². The van der Waals surface area contributed by atoms with Gasteiger partial charge in [-0.1, -0.05) is 48.0 Å². The van der Waals surface area contributed by atoms with E-state index >= 15 is 0 Å². The summed E-state index contributed by atoms with van der Waals surface area (Å²) in [7, 11) is 0. The van der Waals surface area contributed by atoms with Crippen LogP contribution in [0.1, 0.15) is 25.0 Å². The fourth-order valence-corrected chi connectivity index (χ4v) is 2.97. The Hall–Kier alpha value is -3.84. The van der Waals surface area contributed by atoms with Crippen molar-refractivity contribution < 1.29 is 23.8 Å². The molecule has 0 aliphatic rings. The molecular weight excluding hydrogens is 456 g/mol. The third-order valence-electron chi connectivity index (χ3n) is 4.56. The van der Waals surface area contributed by atoms with Gasteiger partial charge in [-0.15, -0.1) is 0 Å². The number of pyridine rings is 1. The fraction of sp³-hybridized carbons (Fsp3) is 0.192. The molecule has 3 aromatic rings. The number of hydrogen-bond donors (Lipinski definition) is 1. The summed E-state index contributed by atoms with van der Waals surface area (Å²) in [5.74, 6) is 0.318. The van der Waals surface area contributed by atoms with E-state index in [1.165, 1.54) is 19.2 Å². The molecule has 1 amide bonds. The topological polar surface area (TPSA) is 86.8 Å². The van der Waals surface area contributed by atoms with Crippen LogP contribution in [-0.4, -0.2) is 29.6 Å². The molecule has 7 nitrogen and oxygen atoms in total. The zero-order valence-electron chi connectivity index (χ0n) is 18.9. The van der Waals surface area contributed by atoms with Crippen LogP contribution in [0, 0.1) is 0 Å². The molecule has 1 N–H and O–H groups in total. The maximum absolute atomic E-state index is 12.2. The molecule has 1 atom stereocenters. The number of ether oxygens (including phenoxy) is 3. The lowest BCUT2D eigenvalue weighted by Gasteiger charge is -2.13. The number of aromatic nitrogens is 1. The molecule has 3 rings (SSSR count). The molecule has 0 fully saturated rings. The Bertz CT molecular complexity index is 1130. The van der Waals surface area contributed by atoms with Gasteiger partial charge in [0.15, 0.2) is 17.6 Å². The molecule has 176 valence electrons. The first-order valence-corrected chi connectivity index (χ1v) is 11.1. The highest BCUT2D eigenvalue weighted by atomic mass is 35.5. The number of halogens is 1. The minimum atomic E-state index is -1.01. The van der Waals surface area contributed by atoms with Crippen LogP contribution < -0.4 is 14.8 Å². The fourth-order valence-electron chi connectivity index (χ4n) is 2.86. The van der Waals surface area contributed by atoms with E-state index in [2.05, 4.69) is 10.3 Å². The van der Waals surface area contributed by atoms with Crippen LogP contribution in [0.3, 0.4) is 0 Å². The van der Waals surface area contributed by atoms with Crippen molar-refractivity contribution in [3.05, 3.63) is 89.1 Å². The van der Waals surface area contributed by atoms with Crippen molar-refractivity contribution in [1.82, 2.24) is 4.98 Å². The summed E-state index contributed by atoms with van der Waals surface area (Å²) in [4.78, 5) is 28.4. The second-order valence-electron chi connectivity index (χ2n) is 7.18. The molecule has 0 unspecified atom stereocenters. The first kappa shape index (κ1) is 24.8. The maximum Gasteiger partial charge on any atom is 0.331 e. The highest BCUT2D eigenvalue weighted by molar-refractivity contribution is 6.30. The predicted molar refractivity (Wildman–Crippen MR) is 131 cm³/mol. The molecule has 8 heteroatoms. The Morgan fingerprint density at radius 1 is 1.06 bits per heavy atom. The van der Waals surface area contributed by atoms with Gasteiger partial charge in [-0.2, -0.15) is 0 Å². The van der Waals surface area contributed by atoms with E-state index in [4.69, 9.17) is 25.8 Å². The summed E-state index contributed by atoms with van der Waals surface area (Å²) in [6, 6.07) is 18.3. The largest absolute Gasteiger partial charge is 0.490 e. The number of rotatable bonds is 10. The van der Waals surface area contributed by atoms with Crippen LogP contribution in [-0.2, 0) is 20.9 Å². The van der Waals surface area contributed by atoms with Crippen LogP contribution >= 0.6 is 11.6 Å². The first-order chi connectivity index (χ1) is 16.4. The summed E-state index contributed by atoms with van der Waals surface area (Å²) in [5.41, 5.74) is 1.76. The zero-order chi connectivity index (χ0) is 24.3. The van der Waals surface area contributed by atoms with Gasteiger partial charge in [0.2, 0.25) is 0 Å². The van der Waals surface area contributed by atoms with Crippen molar-refractivity contribution in [1.29, 1.82) is 0 Å². The second kappa shape index (κ2) is 12.4.